The van der Waals surface area contributed by atoms with Gasteiger partial charge in [0.15, 0.2) is 11.5 Å². The van der Waals surface area contributed by atoms with Gasteiger partial charge in [0.2, 0.25) is 0 Å². The number of amides is 2. The number of urea groups is 1. The Morgan fingerprint density at radius 2 is 1.67 bits per heavy atom. The number of hydrogen-bond acceptors (Lipinski definition) is 3. The highest BCUT2D eigenvalue weighted by Gasteiger charge is 2.24. The summed E-state index contributed by atoms with van der Waals surface area (Å²) in [4.78, 5) is 14.3. The molecule has 0 bridgehead atoms. The standard InChI is InChI=1S/C19H32N2O3/c1-7-11-21(12-8-2)18(22)20-14-19(3,4)15-9-10-16(23-5)17(13-15)24-6/h9-10,13H,7-8,11-12,14H2,1-6H3,(H,20,22). The largest absolute Gasteiger partial charge is 0.493 e. The van der Waals surface area contributed by atoms with Crippen LogP contribution in [0, 0.1) is 0 Å². The second kappa shape index (κ2) is 9.40. The van der Waals surface area contributed by atoms with Crippen molar-refractivity contribution in [1.82, 2.24) is 10.2 Å². The third-order valence-corrected chi connectivity index (χ3v) is 4.12. The molecule has 0 atom stereocenters. The summed E-state index contributed by atoms with van der Waals surface area (Å²) in [7, 11) is 3.25. The molecule has 1 aromatic carbocycles. The first-order valence-electron chi connectivity index (χ1n) is 8.64. The van der Waals surface area contributed by atoms with E-state index in [9.17, 15) is 4.79 Å². The summed E-state index contributed by atoms with van der Waals surface area (Å²) < 4.78 is 10.7. The van der Waals surface area contributed by atoms with Gasteiger partial charge >= 0.3 is 6.03 Å². The molecule has 0 aliphatic rings. The van der Waals surface area contributed by atoms with Gasteiger partial charge < -0.3 is 19.7 Å². The average Bonchev–Trinajstić information content (AvgIpc) is 2.58. The molecule has 0 heterocycles. The van der Waals surface area contributed by atoms with Crippen LogP contribution in [0.25, 0.3) is 0 Å². The molecule has 0 aliphatic carbocycles. The van der Waals surface area contributed by atoms with E-state index in [1.807, 2.05) is 23.1 Å². The molecule has 24 heavy (non-hydrogen) atoms. The van der Waals surface area contributed by atoms with Crippen molar-refractivity contribution in [2.45, 2.75) is 46.0 Å². The van der Waals surface area contributed by atoms with Crippen LogP contribution in [0.15, 0.2) is 18.2 Å². The van der Waals surface area contributed by atoms with Crippen molar-refractivity contribution in [3.63, 3.8) is 0 Å². The number of ether oxygens (including phenoxy) is 2. The molecular weight excluding hydrogens is 304 g/mol. The third kappa shape index (κ3) is 5.32. The predicted molar refractivity (Wildman–Crippen MR) is 98.1 cm³/mol. The molecule has 5 heteroatoms. The van der Waals surface area contributed by atoms with Gasteiger partial charge in [0.25, 0.3) is 0 Å². The summed E-state index contributed by atoms with van der Waals surface area (Å²) in [6, 6.07) is 5.90. The van der Waals surface area contributed by atoms with E-state index in [1.54, 1.807) is 14.2 Å². The van der Waals surface area contributed by atoms with E-state index < -0.39 is 0 Å². The van der Waals surface area contributed by atoms with Gasteiger partial charge in [-0.2, -0.15) is 0 Å². The van der Waals surface area contributed by atoms with Gasteiger partial charge in [0, 0.05) is 25.0 Å². The number of nitrogens with one attached hydrogen (secondary N) is 1. The molecule has 136 valence electrons. The number of benzene rings is 1. The zero-order chi connectivity index (χ0) is 18.2. The Bertz CT molecular complexity index is 523. The lowest BCUT2D eigenvalue weighted by atomic mass is 9.84. The lowest BCUT2D eigenvalue weighted by Gasteiger charge is -2.29. The minimum absolute atomic E-state index is 0.00671. The number of rotatable bonds is 9. The zero-order valence-corrected chi connectivity index (χ0v) is 15.9. The first kappa shape index (κ1) is 20.1. The fourth-order valence-electron chi connectivity index (χ4n) is 2.62. The lowest BCUT2D eigenvalue weighted by molar-refractivity contribution is 0.195. The molecule has 0 radical (unpaired) electrons. The Kier molecular flexibility index (Phi) is 7.89. The van der Waals surface area contributed by atoms with Crippen LogP contribution < -0.4 is 14.8 Å². The van der Waals surface area contributed by atoms with Gasteiger partial charge in [-0.1, -0.05) is 33.8 Å². The molecule has 1 N–H and O–H groups in total. The van der Waals surface area contributed by atoms with Crippen molar-refractivity contribution < 1.29 is 14.3 Å². The number of carbonyl (C=O) groups is 1. The van der Waals surface area contributed by atoms with Gasteiger partial charge in [0.05, 0.1) is 14.2 Å². The molecular formula is C19H32N2O3. The number of hydrogen-bond donors (Lipinski definition) is 1. The van der Waals surface area contributed by atoms with Gasteiger partial charge in [-0.05, 0) is 30.5 Å². The molecule has 1 rings (SSSR count). The first-order valence-corrected chi connectivity index (χ1v) is 8.64. The molecule has 5 nitrogen and oxygen atoms in total. The van der Waals surface area contributed by atoms with E-state index in [0.717, 1.165) is 31.5 Å². The van der Waals surface area contributed by atoms with Crippen molar-refractivity contribution in [2.24, 2.45) is 0 Å². The Labute approximate surface area is 146 Å². The van der Waals surface area contributed by atoms with Crippen LogP contribution in [0.3, 0.4) is 0 Å². The summed E-state index contributed by atoms with van der Waals surface area (Å²) in [5, 5.41) is 3.07. The highest BCUT2D eigenvalue weighted by Crippen LogP contribution is 2.32. The van der Waals surface area contributed by atoms with Gasteiger partial charge in [-0.15, -0.1) is 0 Å². The Hall–Kier alpha value is -1.91. The lowest BCUT2D eigenvalue weighted by Crippen LogP contribution is -2.45. The van der Waals surface area contributed by atoms with E-state index in [-0.39, 0.29) is 11.4 Å². The maximum Gasteiger partial charge on any atom is 0.317 e. The maximum absolute atomic E-state index is 12.4. The third-order valence-electron chi connectivity index (χ3n) is 4.12. The van der Waals surface area contributed by atoms with Crippen LogP contribution in [-0.4, -0.2) is 44.8 Å². The van der Waals surface area contributed by atoms with Crippen molar-refractivity contribution in [1.29, 1.82) is 0 Å². The minimum Gasteiger partial charge on any atom is -0.493 e. The molecule has 0 saturated carbocycles. The van der Waals surface area contributed by atoms with Gasteiger partial charge in [-0.3, -0.25) is 0 Å². The van der Waals surface area contributed by atoms with E-state index in [4.69, 9.17) is 9.47 Å². The molecule has 1 aromatic rings. The van der Waals surface area contributed by atoms with Crippen molar-refractivity contribution >= 4 is 6.03 Å². The zero-order valence-electron chi connectivity index (χ0n) is 15.9. The average molecular weight is 336 g/mol. The summed E-state index contributed by atoms with van der Waals surface area (Å²) in [5.74, 6) is 1.41. The van der Waals surface area contributed by atoms with Gasteiger partial charge in [0.1, 0.15) is 0 Å². The molecule has 0 aliphatic heterocycles. The molecule has 0 unspecified atom stereocenters. The topological polar surface area (TPSA) is 50.8 Å². The van der Waals surface area contributed by atoms with Gasteiger partial charge in [-0.25, -0.2) is 4.79 Å². The summed E-state index contributed by atoms with van der Waals surface area (Å²) in [6.45, 7) is 10.5. The number of nitrogens with zero attached hydrogens (tertiary/aromatic N) is 1. The van der Waals surface area contributed by atoms with E-state index in [1.165, 1.54) is 0 Å². The predicted octanol–water partition coefficient (Wildman–Crippen LogP) is 3.81. The highest BCUT2D eigenvalue weighted by molar-refractivity contribution is 5.74. The summed E-state index contributed by atoms with van der Waals surface area (Å²) in [6.07, 6.45) is 1.93. The number of methoxy groups -OCH3 is 2. The Balaban J connectivity index is 2.80. The summed E-state index contributed by atoms with van der Waals surface area (Å²) in [5.41, 5.74) is 0.886. The summed E-state index contributed by atoms with van der Waals surface area (Å²) >= 11 is 0. The normalized spacial score (nSPS) is 11.1. The van der Waals surface area contributed by atoms with Crippen LogP contribution in [0.5, 0.6) is 11.5 Å². The van der Waals surface area contributed by atoms with Crippen molar-refractivity contribution in [3.05, 3.63) is 23.8 Å². The molecule has 0 fully saturated rings. The molecule has 2 amide bonds. The Morgan fingerprint density at radius 3 is 2.17 bits per heavy atom. The molecule has 0 spiro atoms. The fourth-order valence-corrected chi connectivity index (χ4v) is 2.62. The van der Waals surface area contributed by atoms with E-state index in [2.05, 4.69) is 33.0 Å². The second-order valence-electron chi connectivity index (χ2n) is 6.60. The van der Waals surface area contributed by atoms with Crippen molar-refractivity contribution in [2.75, 3.05) is 33.9 Å². The molecule has 0 aromatic heterocycles. The fraction of sp³-hybridized carbons (Fsp3) is 0.632. The van der Waals surface area contributed by atoms with E-state index >= 15 is 0 Å². The Morgan fingerprint density at radius 1 is 1.08 bits per heavy atom. The maximum atomic E-state index is 12.4. The van der Waals surface area contributed by atoms with Crippen LogP contribution in [-0.2, 0) is 5.41 Å². The minimum atomic E-state index is -0.209. The van der Waals surface area contributed by atoms with Crippen LogP contribution in [0.1, 0.15) is 46.1 Å². The molecule has 0 saturated heterocycles. The van der Waals surface area contributed by atoms with Crippen LogP contribution in [0.2, 0.25) is 0 Å². The SMILES string of the molecule is CCCN(CCC)C(=O)NCC(C)(C)c1ccc(OC)c(OC)c1. The van der Waals surface area contributed by atoms with Crippen LogP contribution >= 0.6 is 0 Å². The smallest absolute Gasteiger partial charge is 0.317 e. The van der Waals surface area contributed by atoms with Crippen molar-refractivity contribution in [3.8, 4) is 11.5 Å². The van der Waals surface area contributed by atoms with Crippen LogP contribution in [0.4, 0.5) is 4.79 Å². The van der Waals surface area contributed by atoms with E-state index in [0.29, 0.717) is 18.0 Å². The monoisotopic (exact) mass is 336 g/mol. The quantitative estimate of drug-likeness (QED) is 0.746. The second-order valence-corrected chi connectivity index (χ2v) is 6.60. The highest BCUT2D eigenvalue weighted by atomic mass is 16.5. The first-order chi connectivity index (χ1) is 11.4. The number of carbonyl (C=O) groups excluding carboxylic acids is 1.